The first kappa shape index (κ1) is 14.7. The number of nitrogen functional groups attached to an aromatic ring is 1. The molecule has 0 aromatic carbocycles. The van der Waals surface area contributed by atoms with Gasteiger partial charge in [-0.2, -0.15) is 0 Å². The van der Waals surface area contributed by atoms with Crippen molar-refractivity contribution in [2.45, 2.75) is 12.8 Å². The number of nitrogens with two attached hydrogens (primary N) is 1. The number of hydrogen-bond acceptors (Lipinski definition) is 5. The van der Waals surface area contributed by atoms with Gasteiger partial charge in [-0.25, -0.2) is 4.98 Å². The fourth-order valence-corrected chi connectivity index (χ4v) is 2.35. The molecule has 2 rings (SSSR count). The number of nitrogens with zero attached hydrogens (tertiary/aromatic N) is 3. The van der Waals surface area contributed by atoms with E-state index in [2.05, 4.69) is 9.88 Å². The van der Waals surface area contributed by atoms with E-state index in [1.807, 2.05) is 4.90 Å². The zero-order valence-corrected chi connectivity index (χ0v) is 11.7. The Kier molecular flexibility index (Phi) is 5.31. The highest BCUT2D eigenvalue weighted by molar-refractivity contribution is 5.92. The second-order valence-corrected chi connectivity index (χ2v) is 5.01. The first-order valence-corrected chi connectivity index (χ1v) is 7.06. The van der Waals surface area contributed by atoms with E-state index < -0.39 is 0 Å². The third-order valence-electron chi connectivity index (χ3n) is 3.53. The molecule has 6 heteroatoms. The van der Waals surface area contributed by atoms with Gasteiger partial charge < -0.3 is 15.7 Å². The van der Waals surface area contributed by atoms with Gasteiger partial charge in [0, 0.05) is 32.8 Å². The number of rotatable bonds is 5. The van der Waals surface area contributed by atoms with Crippen molar-refractivity contribution < 1.29 is 9.90 Å². The number of pyridine rings is 1. The van der Waals surface area contributed by atoms with Crippen LogP contribution in [0, 0.1) is 0 Å². The summed E-state index contributed by atoms with van der Waals surface area (Å²) in [5, 5.41) is 8.77. The van der Waals surface area contributed by atoms with Crippen LogP contribution in [-0.2, 0) is 0 Å². The van der Waals surface area contributed by atoms with E-state index in [-0.39, 0.29) is 12.5 Å². The molecule has 0 unspecified atom stereocenters. The van der Waals surface area contributed by atoms with Crippen LogP contribution in [0.5, 0.6) is 0 Å². The van der Waals surface area contributed by atoms with Gasteiger partial charge in [0.05, 0.1) is 0 Å². The van der Waals surface area contributed by atoms with Crippen molar-refractivity contribution in [3.05, 3.63) is 23.9 Å². The van der Waals surface area contributed by atoms with Crippen LogP contribution in [0.3, 0.4) is 0 Å². The Labute approximate surface area is 119 Å². The van der Waals surface area contributed by atoms with Crippen LogP contribution in [0.1, 0.15) is 23.3 Å². The molecule has 1 aliphatic heterocycles. The zero-order chi connectivity index (χ0) is 14.4. The Hall–Kier alpha value is -1.66. The minimum atomic E-state index is -0.0488. The smallest absolute Gasteiger partial charge is 0.272 e. The molecule has 0 radical (unpaired) electrons. The van der Waals surface area contributed by atoms with E-state index in [0.717, 1.165) is 32.5 Å². The molecule has 1 saturated heterocycles. The molecule has 1 amide bonds. The fourth-order valence-electron chi connectivity index (χ4n) is 2.35. The maximum atomic E-state index is 12.3. The highest BCUT2D eigenvalue weighted by atomic mass is 16.2. The van der Waals surface area contributed by atoms with Crippen molar-refractivity contribution in [3.8, 4) is 0 Å². The predicted octanol–water partition coefficient (Wildman–Crippen LogP) is 0.194. The SMILES string of the molecule is Nc1cccc(C(=O)N2CCN(CCCCO)CC2)n1. The predicted molar refractivity (Wildman–Crippen MR) is 77.3 cm³/mol. The molecule has 1 aromatic heterocycles. The van der Waals surface area contributed by atoms with Crippen molar-refractivity contribution in [3.63, 3.8) is 0 Å². The second-order valence-electron chi connectivity index (χ2n) is 5.01. The number of aromatic nitrogens is 1. The molecule has 6 nitrogen and oxygen atoms in total. The number of piperazine rings is 1. The molecule has 1 aliphatic rings. The summed E-state index contributed by atoms with van der Waals surface area (Å²) in [4.78, 5) is 20.5. The average Bonchev–Trinajstić information content (AvgIpc) is 2.47. The van der Waals surface area contributed by atoms with Gasteiger partial charge in [0.1, 0.15) is 11.5 Å². The Morgan fingerprint density at radius 3 is 2.65 bits per heavy atom. The lowest BCUT2D eigenvalue weighted by Crippen LogP contribution is -2.49. The zero-order valence-electron chi connectivity index (χ0n) is 11.7. The van der Waals surface area contributed by atoms with E-state index in [1.54, 1.807) is 18.2 Å². The maximum absolute atomic E-state index is 12.3. The van der Waals surface area contributed by atoms with Crippen molar-refractivity contribution in [1.82, 2.24) is 14.8 Å². The summed E-state index contributed by atoms with van der Waals surface area (Å²) in [7, 11) is 0. The molecule has 110 valence electrons. The molecule has 1 aromatic rings. The third kappa shape index (κ3) is 3.91. The van der Waals surface area contributed by atoms with E-state index in [4.69, 9.17) is 10.8 Å². The minimum Gasteiger partial charge on any atom is -0.396 e. The van der Waals surface area contributed by atoms with Gasteiger partial charge in [-0.3, -0.25) is 9.69 Å². The number of carbonyl (C=O) groups is 1. The molecule has 3 N–H and O–H groups in total. The lowest BCUT2D eigenvalue weighted by Gasteiger charge is -2.34. The van der Waals surface area contributed by atoms with Crippen LogP contribution in [-0.4, -0.2) is 65.1 Å². The van der Waals surface area contributed by atoms with Gasteiger partial charge in [-0.15, -0.1) is 0 Å². The monoisotopic (exact) mass is 278 g/mol. The first-order valence-electron chi connectivity index (χ1n) is 7.06. The van der Waals surface area contributed by atoms with Gasteiger partial charge >= 0.3 is 0 Å². The summed E-state index contributed by atoms with van der Waals surface area (Å²) in [6.45, 7) is 4.42. The van der Waals surface area contributed by atoms with E-state index in [1.165, 1.54) is 0 Å². The fraction of sp³-hybridized carbons (Fsp3) is 0.571. The molecular formula is C14H22N4O2. The highest BCUT2D eigenvalue weighted by Gasteiger charge is 2.22. The van der Waals surface area contributed by atoms with Gasteiger partial charge in [0.15, 0.2) is 0 Å². The maximum Gasteiger partial charge on any atom is 0.272 e. The lowest BCUT2D eigenvalue weighted by atomic mass is 10.2. The molecule has 0 aliphatic carbocycles. The van der Waals surface area contributed by atoms with Crippen LogP contribution in [0.2, 0.25) is 0 Å². The molecule has 1 fully saturated rings. The standard InChI is InChI=1S/C14H22N4O2/c15-13-5-3-4-12(16-13)14(20)18-9-7-17(8-10-18)6-1-2-11-19/h3-5,19H,1-2,6-11H2,(H2,15,16). The summed E-state index contributed by atoms with van der Waals surface area (Å²) in [5.41, 5.74) is 6.02. The van der Waals surface area contributed by atoms with Crippen LogP contribution >= 0.6 is 0 Å². The number of hydrogen-bond donors (Lipinski definition) is 2. The molecule has 0 atom stereocenters. The Morgan fingerprint density at radius 1 is 1.25 bits per heavy atom. The Morgan fingerprint density at radius 2 is 2.00 bits per heavy atom. The summed E-state index contributed by atoms with van der Waals surface area (Å²) >= 11 is 0. The second kappa shape index (κ2) is 7.21. The summed E-state index contributed by atoms with van der Waals surface area (Å²) in [6.07, 6.45) is 1.84. The minimum absolute atomic E-state index is 0.0488. The summed E-state index contributed by atoms with van der Waals surface area (Å²) in [6, 6.07) is 5.13. The number of anilines is 1. The van der Waals surface area contributed by atoms with E-state index in [0.29, 0.717) is 24.6 Å². The van der Waals surface area contributed by atoms with Gasteiger partial charge in [0.25, 0.3) is 5.91 Å². The number of carbonyl (C=O) groups excluding carboxylic acids is 1. The number of amides is 1. The Balaban J connectivity index is 1.83. The summed E-state index contributed by atoms with van der Waals surface area (Å²) in [5.74, 6) is 0.325. The normalized spacial score (nSPS) is 16.4. The first-order chi connectivity index (χ1) is 9.70. The van der Waals surface area contributed by atoms with Crippen molar-refractivity contribution in [2.24, 2.45) is 0 Å². The van der Waals surface area contributed by atoms with Crippen LogP contribution in [0.4, 0.5) is 5.82 Å². The molecule has 2 heterocycles. The number of unbranched alkanes of at least 4 members (excludes halogenated alkanes) is 1. The van der Waals surface area contributed by atoms with Crippen LogP contribution in [0.25, 0.3) is 0 Å². The van der Waals surface area contributed by atoms with Crippen molar-refractivity contribution in [2.75, 3.05) is 45.1 Å². The van der Waals surface area contributed by atoms with Gasteiger partial charge in [0.2, 0.25) is 0 Å². The number of aliphatic hydroxyl groups is 1. The average molecular weight is 278 g/mol. The van der Waals surface area contributed by atoms with Crippen LogP contribution < -0.4 is 5.73 Å². The van der Waals surface area contributed by atoms with Gasteiger partial charge in [-0.05, 0) is 31.5 Å². The molecule has 20 heavy (non-hydrogen) atoms. The molecule has 0 spiro atoms. The number of aliphatic hydroxyl groups excluding tert-OH is 1. The summed E-state index contributed by atoms with van der Waals surface area (Å²) < 4.78 is 0. The Bertz CT molecular complexity index is 445. The van der Waals surface area contributed by atoms with Crippen molar-refractivity contribution >= 4 is 11.7 Å². The van der Waals surface area contributed by atoms with Crippen LogP contribution in [0.15, 0.2) is 18.2 Å². The highest BCUT2D eigenvalue weighted by Crippen LogP contribution is 2.09. The van der Waals surface area contributed by atoms with Gasteiger partial charge in [-0.1, -0.05) is 6.07 Å². The van der Waals surface area contributed by atoms with E-state index in [9.17, 15) is 4.79 Å². The lowest BCUT2D eigenvalue weighted by molar-refractivity contribution is 0.0628. The largest absolute Gasteiger partial charge is 0.396 e. The molecule has 0 bridgehead atoms. The molecular weight excluding hydrogens is 256 g/mol. The quantitative estimate of drug-likeness (QED) is 0.752. The third-order valence-corrected chi connectivity index (χ3v) is 3.53. The molecule has 0 saturated carbocycles. The van der Waals surface area contributed by atoms with E-state index >= 15 is 0 Å². The van der Waals surface area contributed by atoms with Crippen molar-refractivity contribution in [1.29, 1.82) is 0 Å². The topological polar surface area (TPSA) is 82.7 Å².